The van der Waals surface area contributed by atoms with Crippen molar-refractivity contribution in [2.24, 2.45) is 5.73 Å². The van der Waals surface area contributed by atoms with Crippen molar-refractivity contribution in [2.75, 3.05) is 0 Å². The third-order valence-electron chi connectivity index (χ3n) is 2.75. The molecule has 6 nitrogen and oxygen atoms in total. The molecule has 0 heterocycles. The zero-order chi connectivity index (χ0) is 15.1. The Hall–Kier alpha value is -2.44. The Balaban J connectivity index is 2.78. The van der Waals surface area contributed by atoms with Gasteiger partial charge in [-0.15, -0.1) is 0 Å². The van der Waals surface area contributed by atoms with Crippen molar-refractivity contribution >= 4 is 18.2 Å². The Morgan fingerprint density at radius 2 is 2.05 bits per heavy atom. The van der Waals surface area contributed by atoms with Crippen molar-refractivity contribution in [3.05, 3.63) is 35.6 Å². The quantitative estimate of drug-likeness (QED) is 0.586. The Morgan fingerprint density at radius 3 is 2.60 bits per heavy atom. The van der Waals surface area contributed by atoms with Gasteiger partial charge in [-0.1, -0.05) is 18.2 Å². The molecule has 1 rings (SSSR count). The molecule has 0 spiro atoms. The fourth-order valence-corrected chi connectivity index (χ4v) is 1.58. The summed E-state index contributed by atoms with van der Waals surface area (Å²) in [6.45, 7) is 1.42. The molecule has 0 bridgehead atoms. The first-order chi connectivity index (χ1) is 9.45. The van der Waals surface area contributed by atoms with Crippen LogP contribution in [0.3, 0.4) is 0 Å². The van der Waals surface area contributed by atoms with Crippen LogP contribution in [-0.4, -0.2) is 30.3 Å². The molecule has 1 aromatic carbocycles. The lowest BCUT2D eigenvalue weighted by atomic mass is 10.0. The molecular weight excluding hydrogens is 265 g/mol. The van der Waals surface area contributed by atoms with E-state index in [4.69, 9.17) is 5.73 Å². The number of amides is 3. The zero-order valence-corrected chi connectivity index (χ0v) is 10.9. The topological polar surface area (TPSA) is 101 Å². The number of carbonyl (C=O) groups is 3. The maximum Gasteiger partial charge on any atom is 0.243 e. The number of rotatable bonds is 7. The molecule has 0 aliphatic heterocycles. The van der Waals surface area contributed by atoms with E-state index in [0.29, 0.717) is 6.41 Å². The molecule has 0 saturated heterocycles. The summed E-state index contributed by atoms with van der Waals surface area (Å²) in [6, 6.07) is 4.07. The monoisotopic (exact) mass is 281 g/mol. The van der Waals surface area contributed by atoms with E-state index in [1.165, 1.54) is 25.1 Å². The van der Waals surface area contributed by atoms with Crippen molar-refractivity contribution in [3.8, 4) is 0 Å². The molecule has 1 aromatic rings. The predicted molar refractivity (Wildman–Crippen MR) is 69.9 cm³/mol. The molecule has 0 radical (unpaired) electrons. The van der Waals surface area contributed by atoms with Gasteiger partial charge in [-0.3, -0.25) is 14.4 Å². The minimum absolute atomic E-state index is 0.0251. The molecule has 20 heavy (non-hydrogen) atoms. The number of hydrogen-bond donors (Lipinski definition) is 3. The van der Waals surface area contributed by atoms with Crippen LogP contribution >= 0.6 is 0 Å². The van der Waals surface area contributed by atoms with E-state index in [1.54, 1.807) is 6.07 Å². The Kier molecular flexibility index (Phi) is 5.64. The van der Waals surface area contributed by atoms with Gasteiger partial charge in [0, 0.05) is 6.42 Å². The van der Waals surface area contributed by atoms with Crippen LogP contribution in [0, 0.1) is 5.82 Å². The number of nitrogens with two attached hydrogens (primary N) is 1. The van der Waals surface area contributed by atoms with Crippen LogP contribution < -0.4 is 16.4 Å². The Morgan fingerprint density at radius 1 is 1.40 bits per heavy atom. The highest BCUT2D eigenvalue weighted by atomic mass is 19.1. The largest absolute Gasteiger partial charge is 0.368 e. The van der Waals surface area contributed by atoms with Crippen LogP contribution in [0.4, 0.5) is 4.39 Å². The van der Waals surface area contributed by atoms with Gasteiger partial charge in [-0.05, 0) is 18.6 Å². The van der Waals surface area contributed by atoms with Gasteiger partial charge in [0.1, 0.15) is 17.9 Å². The van der Waals surface area contributed by atoms with Gasteiger partial charge in [-0.2, -0.15) is 0 Å². The van der Waals surface area contributed by atoms with Crippen LogP contribution in [-0.2, 0) is 20.8 Å². The first-order valence-electron chi connectivity index (χ1n) is 5.98. The molecule has 108 valence electrons. The molecule has 3 amide bonds. The third kappa shape index (κ3) is 4.34. The maximum absolute atomic E-state index is 13.5. The zero-order valence-electron chi connectivity index (χ0n) is 10.9. The average molecular weight is 281 g/mol. The van der Waals surface area contributed by atoms with Crippen molar-refractivity contribution in [1.29, 1.82) is 0 Å². The number of hydrogen-bond acceptors (Lipinski definition) is 3. The van der Waals surface area contributed by atoms with Crippen molar-refractivity contribution < 1.29 is 18.8 Å². The van der Waals surface area contributed by atoms with Crippen molar-refractivity contribution in [2.45, 2.75) is 25.4 Å². The van der Waals surface area contributed by atoms with Crippen LogP contribution in [0.5, 0.6) is 0 Å². The van der Waals surface area contributed by atoms with Gasteiger partial charge in [-0.25, -0.2) is 4.39 Å². The van der Waals surface area contributed by atoms with Crippen LogP contribution in [0.15, 0.2) is 24.3 Å². The lowest BCUT2D eigenvalue weighted by Crippen LogP contribution is -2.51. The van der Waals surface area contributed by atoms with Gasteiger partial charge >= 0.3 is 0 Å². The van der Waals surface area contributed by atoms with Gasteiger partial charge in [0.15, 0.2) is 0 Å². The second-order valence-electron chi connectivity index (χ2n) is 4.27. The number of benzene rings is 1. The lowest BCUT2D eigenvalue weighted by Gasteiger charge is -2.18. The molecule has 2 atom stereocenters. The molecular formula is C13H16FN3O3. The van der Waals surface area contributed by atoms with E-state index in [-0.39, 0.29) is 12.0 Å². The fraction of sp³-hybridized carbons (Fsp3) is 0.308. The van der Waals surface area contributed by atoms with Gasteiger partial charge < -0.3 is 16.4 Å². The molecule has 0 aliphatic carbocycles. The summed E-state index contributed by atoms with van der Waals surface area (Å²) in [7, 11) is 0. The summed E-state index contributed by atoms with van der Waals surface area (Å²) < 4.78 is 13.5. The first kappa shape index (κ1) is 15.6. The highest BCUT2D eigenvalue weighted by Gasteiger charge is 2.22. The summed E-state index contributed by atoms with van der Waals surface area (Å²) in [5.74, 6) is -1.78. The Labute approximate surface area is 115 Å². The van der Waals surface area contributed by atoms with Gasteiger partial charge in [0.05, 0.1) is 0 Å². The summed E-state index contributed by atoms with van der Waals surface area (Å²) in [5.41, 5.74) is 5.32. The second kappa shape index (κ2) is 7.22. The average Bonchev–Trinajstić information content (AvgIpc) is 2.40. The fourth-order valence-electron chi connectivity index (χ4n) is 1.58. The van der Waals surface area contributed by atoms with E-state index in [9.17, 15) is 18.8 Å². The molecule has 0 aromatic heterocycles. The number of nitrogens with one attached hydrogen (secondary N) is 2. The van der Waals surface area contributed by atoms with E-state index in [2.05, 4.69) is 10.6 Å². The third-order valence-corrected chi connectivity index (χ3v) is 2.75. The van der Waals surface area contributed by atoms with Crippen LogP contribution in [0.25, 0.3) is 0 Å². The van der Waals surface area contributed by atoms with E-state index in [1.807, 2.05) is 0 Å². The van der Waals surface area contributed by atoms with E-state index >= 15 is 0 Å². The minimum atomic E-state index is -0.980. The van der Waals surface area contributed by atoms with Gasteiger partial charge in [0.2, 0.25) is 18.2 Å². The summed E-state index contributed by atoms with van der Waals surface area (Å²) in [4.78, 5) is 33.3. The normalized spacial score (nSPS) is 13.1. The molecule has 7 heteroatoms. The summed E-state index contributed by atoms with van der Waals surface area (Å²) in [5, 5.41) is 4.64. The van der Waals surface area contributed by atoms with Crippen LogP contribution in [0.1, 0.15) is 12.5 Å². The number of primary amides is 1. The molecule has 4 N–H and O–H groups in total. The molecule has 0 aliphatic rings. The van der Waals surface area contributed by atoms with Crippen molar-refractivity contribution in [3.63, 3.8) is 0 Å². The maximum atomic E-state index is 13.5. The number of halogens is 1. The highest BCUT2D eigenvalue weighted by Crippen LogP contribution is 2.09. The molecule has 0 fully saturated rings. The Bertz CT molecular complexity index is 507. The van der Waals surface area contributed by atoms with Crippen molar-refractivity contribution in [1.82, 2.24) is 10.6 Å². The van der Waals surface area contributed by atoms with E-state index < -0.39 is 29.7 Å². The second-order valence-corrected chi connectivity index (χ2v) is 4.27. The predicted octanol–water partition coefficient (Wildman–Crippen LogP) is -0.527. The summed E-state index contributed by atoms with van der Waals surface area (Å²) in [6.07, 6.45) is 0.322. The number of carbonyl (C=O) groups excluding carboxylic acids is 3. The molecule has 0 unspecified atom stereocenters. The lowest BCUT2D eigenvalue weighted by molar-refractivity contribution is -0.129. The molecule has 0 saturated carbocycles. The minimum Gasteiger partial charge on any atom is -0.368 e. The SMILES string of the molecule is C[C@@H](NC(=O)[C@H](Cc1ccccc1F)NC=O)C(N)=O. The van der Waals surface area contributed by atoms with Crippen LogP contribution in [0.2, 0.25) is 0 Å². The summed E-state index contributed by atoms with van der Waals surface area (Å²) >= 11 is 0. The highest BCUT2D eigenvalue weighted by molar-refractivity contribution is 5.89. The smallest absolute Gasteiger partial charge is 0.243 e. The first-order valence-corrected chi connectivity index (χ1v) is 5.98. The van der Waals surface area contributed by atoms with E-state index in [0.717, 1.165) is 0 Å². The van der Waals surface area contributed by atoms with Gasteiger partial charge in [0.25, 0.3) is 0 Å². The standard InChI is InChI=1S/C13H16FN3O3/c1-8(12(15)19)17-13(20)11(16-7-18)6-9-4-2-3-5-10(9)14/h2-5,7-8,11H,6H2,1H3,(H2,15,19)(H,16,18)(H,17,20)/t8-,11+/m1/s1.